The zero-order valence-electron chi connectivity index (χ0n) is 14.7. The van der Waals surface area contributed by atoms with E-state index < -0.39 is 0 Å². The topological polar surface area (TPSA) is 64.7 Å². The van der Waals surface area contributed by atoms with Gasteiger partial charge < -0.3 is 15.5 Å². The highest BCUT2D eigenvalue weighted by atomic mass is 32.2. The molecule has 2 aliphatic heterocycles. The Morgan fingerprint density at radius 3 is 2.58 bits per heavy atom. The first-order valence-corrected chi connectivity index (χ1v) is 10.1. The Bertz CT molecular complexity index is 614. The van der Waals surface area contributed by atoms with Crippen molar-refractivity contribution in [3.63, 3.8) is 0 Å². The predicted octanol–water partition coefficient (Wildman–Crippen LogP) is 1.00. The summed E-state index contributed by atoms with van der Waals surface area (Å²) < 4.78 is 12.9. The van der Waals surface area contributed by atoms with Crippen LogP contribution in [-0.4, -0.2) is 78.4 Å². The quantitative estimate of drug-likeness (QED) is 0.798. The molecule has 0 bridgehead atoms. The number of hydrogen-bond donors (Lipinski definition) is 2. The van der Waals surface area contributed by atoms with Crippen LogP contribution in [0.5, 0.6) is 0 Å². The number of amides is 2. The van der Waals surface area contributed by atoms with Gasteiger partial charge in [-0.25, -0.2) is 4.39 Å². The number of hydrogen-bond acceptors (Lipinski definition) is 5. The average Bonchev–Trinajstić information content (AvgIpc) is 2.65. The minimum Gasteiger partial charge on any atom is -0.340 e. The molecule has 1 atom stereocenters. The van der Waals surface area contributed by atoms with Crippen LogP contribution in [0.1, 0.15) is 6.42 Å². The van der Waals surface area contributed by atoms with Crippen molar-refractivity contribution in [1.82, 2.24) is 15.1 Å². The summed E-state index contributed by atoms with van der Waals surface area (Å²) in [5.41, 5.74) is 0.586. The molecule has 0 aromatic heterocycles. The number of carbonyl (C=O) groups is 2. The highest BCUT2D eigenvalue weighted by Crippen LogP contribution is 2.13. The van der Waals surface area contributed by atoms with E-state index in [1.54, 1.807) is 12.1 Å². The lowest BCUT2D eigenvalue weighted by molar-refractivity contribution is -0.133. The van der Waals surface area contributed by atoms with Crippen LogP contribution in [0.3, 0.4) is 0 Å². The Kier molecular flexibility index (Phi) is 6.87. The smallest absolute Gasteiger partial charge is 0.238 e. The van der Waals surface area contributed by atoms with Gasteiger partial charge in [-0.3, -0.25) is 14.5 Å². The molecule has 8 heteroatoms. The molecule has 0 spiro atoms. The van der Waals surface area contributed by atoms with Gasteiger partial charge in [0.25, 0.3) is 0 Å². The van der Waals surface area contributed by atoms with Crippen LogP contribution in [0.4, 0.5) is 10.1 Å². The van der Waals surface area contributed by atoms with Gasteiger partial charge in [0.2, 0.25) is 11.8 Å². The Morgan fingerprint density at radius 2 is 1.92 bits per heavy atom. The minimum absolute atomic E-state index is 0.125. The number of carbonyl (C=O) groups excluding carboxylic acids is 2. The maximum atomic E-state index is 12.9. The molecule has 2 amide bonds. The molecule has 1 aromatic rings. The molecule has 2 saturated heterocycles. The number of nitrogens with one attached hydrogen (secondary N) is 2. The van der Waals surface area contributed by atoms with Crippen LogP contribution >= 0.6 is 11.8 Å². The van der Waals surface area contributed by atoms with Crippen LogP contribution < -0.4 is 10.6 Å². The summed E-state index contributed by atoms with van der Waals surface area (Å²) in [7, 11) is 0. The summed E-state index contributed by atoms with van der Waals surface area (Å²) in [5, 5.41) is 6.16. The first kappa shape index (κ1) is 19.1. The predicted molar refractivity (Wildman–Crippen MR) is 102 cm³/mol. The Hall–Kier alpha value is -1.64. The first-order chi connectivity index (χ1) is 12.6. The van der Waals surface area contributed by atoms with E-state index in [2.05, 4.69) is 10.6 Å². The van der Waals surface area contributed by atoms with Gasteiger partial charge in [0, 0.05) is 62.4 Å². The first-order valence-electron chi connectivity index (χ1n) is 8.97. The number of nitrogens with zero attached hydrogens (tertiary/aromatic N) is 2. The van der Waals surface area contributed by atoms with E-state index in [0.29, 0.717) is 38.3 Å². The number of halogens is 1. The number of benzene rings is 1. The van der Waals surface area contributed by atoms with Gasteiger partial charge >= 0.3 is 0 Å². The number of thioether (sulfide) groups is 1. The summed E-state index contributed by atoms with van der Waals surface area (Å²) >= 11 is 1.89. The number of piperazine rings is 1. The van der Waals surface area contributed by atoms with E-state index in [-0.39, 0.29) is 30.2 Å². The van der Waals surface area contributed by atoms with E-state index in [4.69, 9.17) is 0 Å². The molecule has 0 radical (unpaired) electrons. The molecule has 0 saturated carbocycles. The van der Waals surface area contributed by atoms with E-state index in [0.717, 1.165) is 18.1 Å². The summed E-state index contributed by atoms with van der Waals surface area (Å²) in [5.74, 6) is 1.85. The van der Waals surface area contributed by atoms with Crippen molar-refractivity contribution in [3.8, 4) is 0 Å². The lowest BCUT2D eigenvalue weighted by Gasteiger charge is -2.35. The molecular weight excluding hydrogens is 355 g/mol. The molecule has 2 N–H and O–H groups in total. The summed E-state index contributed by atoms with van der Waals surface area (Å²) in [6.07, 6.45) is 0.554. The molecule has 2 aliphatic rings. The fourth-order valence-corrected chi connectivity index (χ4v) is 4.13. The van der Waals surface area contributed by atoms with Crippen LogP contribution in [0, 0.1) is 5.82 Å². The zero-order valence-corrected chi connectivity index (χ0v) is 15.6. The second-order valence-corrected chi connectivity index (χ2v) is 7.79. The molecule has 3 rings (SSSR count). The van der Waals surface area contributed by atoms with Gasteiger partial charge in [-0.05, 0) is 24.3 Å². The maximum Gasteiger partial charge on any atom is 0.238 e. The van der Waals surface area contributed by atoms with Crippen molar-refractivity contribution in [2.75, 3.05) is 56.1 Å². The van der Waals surface area contributed by atoms with Crippen molar-refractivity contribution in [3.05, 3.63) is 30.1 Å². The lowest BCUT2D eigenvalue weighted by atomic mass is 10.2. The van der Waals surface area contributed by atoms with Crippen molar-refractivity contribution >= 4 is 29.3 Å². The third-order valence-corrected chi connectivity index (χ3v) is 5.77. The molecule has 6 nitrogen and oxygen atoms in total. The molecule has 2 fully saturated rings. The fourth-order valence-electron chi connectivity index (χ4n) is 3.18. The van der Waals surface area contributed by atoms with Crippen LogP contribution in [-0.2, 0) is 9.59 Å². The molecule has 142 valence electrons. The maximum absolute atomic E-state index is 12.9. The normalized spacial score (nSPS) is 21.4. The number of anilines is 1. The van der Waals surface area contributed by atoms with Crippen molar-refractivity contribution < 1.29 is 14.0 Å². The summed E-state index contributed by atoms with van der Waals surface area (Å²) in [6.45, 7) is 3.94. The average molecular weight is 380 g/mol. The second-order valence-electron chi connectivity index (χ2n) is 6.64. The van der Waals surface area contributed by atoms with Crippen LogP contribution in [0.2, 0.25) is 0 Å². The molecule has 2 heterocycles. The minimum atomic E-state index is -0.328. The largest absolute Gasteiger partial charge is 0.340 e. The van der Waals surface area contributed by atoms with E-state index >= 15 is 0 Å². The highest BCUT2D eigenvalue weighted by molar-refractivity contribution is 7.99. The Balaban J connectivity index is 1.38. The van der Waals surface area contributed by atoms with Crippen molar-refractivity contribution in [2.24, 2.45) is 0 Å². The monoisotopic (exact) mass is 380 g/mol. The van der Waals surface area contributed by atoms with Crippen molar-refractivity contribution in [1.29, 1.82) is 0 Å². The summed E-state index contributed by atoms with van der Waals surface area (Å²) in [4.78, 5) is 28.5. The van der Waals surface area contributed by atoms with Gasteiger partial charge in [0.15, 0.2) is 0 Å². The van der Waals surface area contributed by atoms with E-state index in [1.807, 2.05) is 21.6 Å². The van der Waals surface area contributed by atoms with Gasteiger partial charge in [-0.1, -0.05) is 0 Å². The van der Waals surface area contributed by atoms with Gasteiger partial charge in [0.1, 0.15) is 5.82 Å². The van der Waals surface area contributed by atoms with E-state index in [1.165, 1.54) is 12.1 Å². The fraction of sp³-hybridized carbons (Fsp3) is 0.556. The molecule has 1 unspecified atom stereocenters. The number of rotatable bonds is 5. The van der Waals surface area contributed by atoms with Crippen LogP contribution in [0.25, 0.3) is 0 Å². The molecule has 1 aromatic carbocycles. The lowest BCUT2D eigenvalue weighted by Crippen LogP contribution is -2.52. The Morgan fingerprint density at radius 1 is 1.19 bits per heavy atom. The molecule has 26 heavy (non-hydrogen) atoms. The summed E-state index contributed by atoms with van der Waals surface area (Å²) in [6, 6.07) is 6.00. The third-order valence-electron chi connectivity index (χ3n) is 4.64. The van der Waals surface area contributed by atoms with E-state index in [9.17, 15) is 14.0 Å². The highest BCUT2D eigenvalue weighted by Gasteiger charge is 2.25. The second kappa shape index (κ2) is 9.34. The molecular formula is C18H25FN4O2S. The van der Waals surface area contributed by atoms with Crippen LogP contribution in [0.15, 0.2) is 24.3 Å². The third kappa shape index (κ3) is 5.69. The Labute approximate surface area is 157 Å². The SMILES string of the molecule is O=C(CN1CCN(C(=O)CC2CSCCN2)CC1)Nc1ccc(F)cc1. The molecule has 0 aliphatic carbocycles. The zero-order chi connectivity index (χ0) is 18.4. The van der Waals surface area contributed by atoms with Crippen molar-refractivity contribution in [2.45, 2.75) is 12.5 Å². The van der Waals surface area contributed by atoms with Gasteiger partial charge in [-0.15, -0.1) is 0 Å². The van der Waals surface area contributed by atoms with Gasteiger partial charge in [-0.2, -0.15) is 11.8 Å². The standard InChI is InChI=1S/C18H25FN4O2S/c19-14-1-3-15(4-2-14)21-17(24)12-22-6-8-23(9-7-22)18(25)11-16-13-26-10-5-20-16/h1-4,16,20H,5-13H2,(H,21,24). The van der Waals surface area contributed by atoms with Gasteiger partial charge in [0.05, 0.1) is 6.54 Å².